The molecule has 0 aromatic heterocycles. The van der Waals surface area contributed by atoms with E-state index in [2.05, 4.69) is 29.1 Å². The summed E-state index contributed by atoms with van der Waals surface area (Å²) in [6.45, 7) is 10.4. The fourth-order valence-corrected chi connectivity index (χ4v) is 4.36. The van der Waals surface area contributed by atoms with Crippen molar-refractivity contribution in [1.82, 2.24) is 15.1 Å². The normalized spacial score (nSPS) is 24.0. The van der Waals surface area contributed by atoms with Gasteiger partial charge in [0.25, 0.3) is 0 Å². The molecule has 1 heterocycles. The summed E-state index contributed by atoms with van der Waals surface area (Å²) < 4.78 is 11.4. The zero-order chi connectivity index (χ0) is 19.0. The Morgan fingerprint density at radius 3 is 2.63 bits per heavy atom. The molecule has 0 atom stereocenters. The molecular formula is C21H40N4O2. The molecule has 1 saturated heterocycles. The van der Waals surface area contributed by atoms with Gasteiger partial charge < -0.3 is 19.7 Å². The van der Waals surface area contributed by atoms with Crippen LogP contribution in [0.2, 0.25) is 0 Å². The van der Waals surface area contributed by atoms with Crippen LogP contribution in [0.15, 0.2) is 4.99 Å². The number of hydrogen-bond donors (Lipinski definition) is 1. The summed E-state index contributed by atoms with van der Waals surface area (Å²) in [5.74, 6) is 1.85. The van der Waals surface area contributed by atoms with Gasteiger partial charge in [0.05, 0.1) is 26.4 Å². The number of guanidine groups is 1. The van der Waals surface area contributed by atoms with Crippen LogP contribution in [-0.4, -0.2) is 87.5 Å². The highest BCUT2D eigenvalue weighted by atomic mass is 16.5. The van der Waals surface area contributed by atoms with E-state index >= 15 is 0 Å². The first-order valence-corrected chi connectivity index (χ1v) is 11.1. The molecule has 0 bridgehead atoms. The van der Waals surface area contributed by atoms with Crippen molar-refractivity contribution < 1.29 is 9.47 Å². The first kappa shape index (κ1) is 20.9. The number of aliphatic imine (C=N–C) groups is 1. The van der Waals surface area contributed by atoms with E-state index in [1.807, 2.05) is 0 Å². The Morgan fingerprint density at radius 2 is 1.96 bits per heavy atom. The van der Waals surface area contributed by atoms with Gasteiger partial charge in [-0.2, -0.15) is 0 Å². The minimum absolute atomic E-state index is 0.228. The monoisotopic (exact) mass is 380 g/mol. The molecular weight excluding hydrogens is 340 g/mol. The van der Waals surface area contributed by atoms with Crippen LogP contribution in [0.1, 0.15) is 51.9 Å². The quantitative estimate of drug-likeness (QED) is 0.378. The van der Waals surface area contributed by atoms with Gasteiger partial charge >= 0.3 is 0 Å². The van der Waals surface area contributed by atoms with E-state index < -0.39 is 0 Å². The highest BCUT2D eigenvalue weighted by molar-refractivity contribution is 5.79. The highest BCUT2D eigenvalue weighted by Gasteiger charge is 2.38. The highest BCUT2D eigenvalue weighted by Crippen LogP contribution is 2.34. The van der Waals surface area contributed by atoms with Crippen molar-refractivity contribution >= 4 is 5.96 Å². The minimum Gasteiger partial charge on any atom is -0.379 e. The van der Waals surface area contributed by atoms with E-state index in [-0.39, 0.29) is 5.54 Å². The third kappa shape index (κ3) is 6.33. The summed E-state index contributed by atoms with van der Waals surface area (Å²) in [6.07, 6.45) is 9.26. The molecule has 2 aliphatic carbocycles. The van der Waals surface area contributed by atoms with E-state index in [9.17, 15) is 0 Å². The number of ether oxygens (including phenoxy) is 2. The molecule has 1 aliphatic heterocycles. The number of nitrogens with one attached hydrogen (secondary N) is 1. The maximum absolute atomic E-state index is 5.82. The predicted molar refractivity (Wildman–Crippen MR) is 110 cm³/mol. The lowest BCUT2D eigenvalue weighted by Gasteiger charge is -2.47. The molecule has 2 saturated carbocycles. The van der Waals surface area contributed by atoms with E-state index in [1.54, 1.807) is 0 Å². The topological polar surface area (TPSA) is 49.3 Å². The average molecular weight is 381 g/mol. The van der Waals surface area contributed by atoms with Gasteiger partial charge in [-0.3, -0.25) is 9.89 Å². The molecule has 6 heteroatoms. The zero-order valence-corrected chi connectivity index (χ0v) is 17.5. The van der Waals surface area contributed by atoms with Gasteiger partial charge in [0.2, 0.25) is 0 Å². The van der Waals surface area contributed by atoms with Crippen LogP contribution in [0.4, 0.5) is 0 Å². The van der Waals surface area contributed by atoms with E-state index in [0.717, 1.165) is 71.0 Å². The smallest absolute Gasteiger partial charge is 0.193 e. The molecule has 0 radical (unpaired) electrons. The van der Waals surface area contributed by atoms with Gasteiger partial charge in [0, 0.05) is 45.4 Å². The second kappa shape index (κ2) is 10.6. The van der Waals surface area contributed by atoms with Crippen LogP contribution >= 0.6 is 0 Å². The molecule has 0 aromatic rings. The van der Waals surface area contributed by atoms with Crippen molar-refractivity contribution in [1.29, 1.82) is 0 Å². The first-order valence-electron chi connectivity index (χ1n) is 11.1. The van der Waals surface area contributed by atoms with Crippen molar-refractivity contribution in [2.75, 3.05) is 66.2 Å². The van der Waals surface area contributed by atoms with Gasteiger partial charge in [0.15, 0.2) is 5.96 Å². The van der Waals surface area contributed by atoms with Gasteiger partial charge in [-0.15, -0.1) is 0 Å². The van der Waals surface area contributed by atoms with Crippen LogP contribution in [0.3, 0.4) is 0 Å². The van der Waals surface area contributed by atoms with E-state index in [0.29, 0.717) is 0 Å². The van der Waals surface area contributed by atoms with Gasteiger partial charge in [-0.05, 0) is 38.5 Å². The number of likely N-dealkylation sites (N-methyl/N-ethyl adjacent to an activating group) is 1. The molecule has 3 fully saturated rings. The number of morpholine rings is 1. The number of rotatable bonds is 9. The van der Waals surface area contributed by atoms with Crippen LogP contribution in [0.5, 0.6) is 0 Å². The molecule has 0 spiro atoms. The Bertz CT molecular complexity index is 455. The molecule has 1 N–H and O–H groups in total. The van der Waals surface area contributed by atoms with E-state index in [4.69, 9.17) is 14.5 Å². The van der Waals surface area contributed by atoms with Gasteiger partial charge in [-0.25, -0.2) is 0 Å². The Morgan fingerprint density at radius 1 is 1.22 bits per heavy atom. The molecule has 3 aliphatic rings. The van der Waals surface area contributed by atoms with Gasteiger partial charge in [-0.1, -0.05) is 19.3 Å². The van der Waals surface area contributed by atoms with Crippen molar-refractivity contribution in [2.24, 2.45) is 10.9 Å². The Kier molecular flexibility index (Phi) is 8.22. The summed E-state index contributed by atoms with van der Waals surface area (Å²) in [7, 11) is 2.13. The summed E-state index contributed by atoms with van der Waals surface area (Å²) in [6, 6.07) is 0. The van der Waals surface area contributed by atoms with Crippen molar-refractivity contribution in [2.45, 2.75) is 57.4 Å². The van der Waals surface area contributed by atoms with E-state index in [1.165, 1.54) is 44.9 Å². The maximum Gasteiger partial charge on any atom is 0.193 e. The second-order valence-electron chi connectivity index (χ2n) is 8.49. The lowest BCUT2D eigenvalue weighted by molar-refractivity contribution is -0.0334. The summed E-state index contributed by atoms with van der Waals surface area (Å²) in [4.78, 5) is 10.0. The molecule has 27 heavy (non-hydrogen) atoms. The summed E-state index contributed by atoms with van der Waals surface area (Å²) >= 11 is 0. The van der Waals surface area contributed by atoms with Crippen LogP contribution in [-0.2, 0) is 9.47 Å². The van der Waals surface area contributed by atoms with Gasteiger partial charge in [0.1, 0.15) is 0 Å². The molecule has 6 nitrogen and oxygen atoms in total. The SMILES string of the molecule is CCNC(=NCC1(N2CCOCC2)CCCCC1)N(C)CCOCC1CC1. The van der Waals surface area contributed by atoms with Crippen molar-refractivity contribution in [3.8, 4) is 0 Å². The standard InChI is InChI=1S/C21H40N4O2/c1-3-22-20(24(2)11-14-27-17-19-7-8-19)23-18-21(9-5-4-6-10-21)25-12-15-26-16-13-25/h19H,3-18H2,1-2H3,(H,22,23). The third-order valence-electron chi connectivity index (χ3n) is 6.31. The largest absolute Gasteiger partial charge is 0.379 e. The lowest BCUT2D eigenvalue weighted by atomic mass is 9.80. The number of nitrogens with zero attached hydrogens (tertiary/aromatic N) is 3. The molecule has 0 aromatic carbocycles. The van der Waals surface area contributed by atoms with Crippen molar-refractivity contribution in [3.63, 3.8) is 0 Å². The average Bonchev–Trinajstić information content (AvgIpc) is 3.54. The predicted octanol–water partition coefficient (Wildman–Crippen LogP) is 2.35. The molecule has 0 amide bonds. The second-order valence-corrected chi connectivity index (χ2v) is 8.49. The van der Waals surface area contributed by atoms with Crippen LogP contribution < -0.4 is 5.32 Å². The lowest BCUT2D eigenvalue weighted by Crippen LogP contribution is -2.56. The minimum atomic E-state index is 0.228. The fourth-order valence-electron chi connectivity index (χ4n) is 4.36. The number of hydrogen-bond acceptors (Lipinski definition) is 4. The molecule has 0 unspecified atom stereocenters. The Labute approximate surface area is 165 Å². The van der Waals surface area contributed by atoms with Crippen LogP contribution in [0.25, 0.3) is 0 Å². The molecule has 3 rings (SSSR count). The third-order valence-corrected chi connectivity index (χ3v) is 6.31. The van der Waals surface area contributed by atoms with Crippen molar-refractivity contribution in [3.05, 3.63) is 0 Å². The maximum atomic E-state index is 5.82. The molecule has 156 valence electrons. The fraction of sp³-hybridized carbons (Fsp3) is 0.952. The van der Waals surface area contributed by atoms with Crippen LogP contribution in [0, 0.1) is 5.92 Å². The first-order chi connectivity index (χ1) is 13.2. The summed E-state index contributed by atoms with van der Waals surface area (Å²) in [5, 5.41) is 3.48. The Hall–Kier alpha value is -0.850. The summed E-state index contributed by atoms with van der Waals surface area (Å²) in [5.41, 5.74) is 0.228. The zero-order valence-electron chi connectivity index (χ0n) is 17.5. The Balaban J connectivity index is 1.57.